The molecule has 0 saturated heterocycles. The summed E-state index contributed by atoms with van der Waals surface area (Å²) in [5.74, 6) is 1.36. The Kier molecular flexibility index (Phi) is 3.45. The Balaban J connectivity index is 2.14. The van der Waals surface area contributed by atoms with E-state index in [0.717, 1.165) is 19.3 Å². The summed E-state index contributed by atoms with van der Waals surface area (Å²) in [6.45, 7) is 0. The lowest BCUT2D eigenvalue weighted by Gasteiger charge is -2.26. The molecule has 1 fully saturated rings. The number of esters is 1. The number of hydrogen-bond acceptors (Lipinski definition) is 2. The van der Waals surface area contributed by atoms with Crippen molar-refractivity contribution in [3.05, 3.63) is 12.2 Å². The van der Waals surface area contributed by atoms with E-state index in [-0.39, 0.29) is 11.9 Å². The third-order valence-corrected chi connectivity index (χ3v) is 3.91. The van der Waals surface area contributed by atoms with Crippen LogP contribution in [0.2, 0.25) is 0 Å². The van der Waals surface area contributed by atoms with Crippen LogP contribution < -0.4 is 0 Å². The van der Waals surface area contributed by atoms with Gasteiger partial charge < -0.3 is 4.74 Å². The summed E-state index contributed by atoms with van der Waals surface area (Å²) >= 11 is 0. The minimum absolute atomic E-state index is 0.0159. The number of carbonyl (C=O) groups is 1. The molecule has 1 unspecified atom stereocenters. The lowest BCUT2D eigenvalue weighted by atomic mass is 9.79. The first-order chi connectivity index (χ1) is 7.33. The van der Waals surface area contributed by atoms with Crippen molar-refractivity contribution in [2.45, 2.75) is 38.5 Å². The van der Waals surface area contributed by atoms with Crippen molar-refractivity contribution in [2.75, 3.05) is 7.11 Å². The average Bonchev–Trinajstić information content (AvgIpc) is 2.65. The lowest BCUT2D eigenvalue weighted by Crippen LogP contribution is -2.27. The second-order valence-corrected chi connectivity index (χ2v) is 4.75. The molecule has 0 amide bonds. The number of carbonyl (C=O) groups excluding carboxylic acids is 1. The number of rotatable bonds is 1. The first kappa shape index (κ1) is 10.7. The van der Waals surface area contributed by atoms with E-state index < -0.39 is 0 Å². The predicted octanol–water partition coefficient (Wildman–Crippen LogP) is 2.93. The smallest absolute Gasteiger partial charge is 0.308 e. The number of hydrogen-bond donors (Lipinski definition) is 0. The van der Waals surface area contributed by atoms with Gasteiger partial charge in [0.25, 0.3) is 0 Å². The molecule has 0 aliphatic heterocycles. The van der Waals surface area contributed by atoms with Gasteiger partial charge >= 0.3 is 5.97 Å². The maximum Gasteiger partial charge on any atom is 0.308 e. The van der Waals surface area contributed by atoms with Crippen LogP contribution in [0.4, 0.5) is 0 Å². The zero-order valence-corrected chi connectivity index (χ0v) is 9.45. The molecular weight excluding hydrogens is 188 g/mol. The van der Waals surface area contributed by atoms with Crippen molar-refractivity contribution in [3.63, 3.8) is 0 Å². The van der Waals surface area contributed by atoms with Crippen LogP contribution in [0, 0.1) is 17.8 Å². The van der Waals surface area contributed by atoms with E-state index >= 15 is 0 Å². The van der Waals surface area contributed by atoms with Crippen molar-refractivity contribution in [1.82, 2.24) is 0 Å². The Morgan fingerprint density at radius 3 is 2.93 bits per heavy atom. The summed E-state index contributed by atoms with van der Waals surface area (Å²) in [6.07, 6.45) is 11.6. The molecule has 15 heavy (non-hydrogen) atoms. The van der Waals surface area contributed by atoms with Gasteiger partial charge in [0.15, 0.2) is 0 Å². The molecular formula is C13H20O2. The fraction of sp³-hybridized carbons (Fsp3) is 0.769. The van der Waals surface area contributed by atoms with Crippen molar-refractivity contribution in [1.29, 1.82) is 0 Å². The fourth-order valence-corrected chi connectivity index (χ4v) is 3.14. The quantitative estimate of drug-likeness (QED) is 0.489. The molecule has 2 nitrogen and oxygen atoms in total. The molecule has 0 radical (unpaired) electrons. The number of fused-ring (bicyclic) bond motifs is 1. The van der Waals surface area contributed by atoms with Gasteiger partial charge in [-0.05, 0) is 43.9 Å². The molecule has 0 heterocycles. The van der Waals surface area contributed by atoms with Crippen LogP contribution in [0.5, 0.6) is 0 Å². The normalized spacial score (nSPS) is 37.5. The molecule has 2 heteroatoms. The Labute approximate surface area is 91.7 Å². The maximum atomic E-state index is 11.7. The summed E-state index contributed by atoms with van der Waals surface area (Å²) in [5, 5.41) is 0. The van der Waals surface area contributed by atoms with Gasteiger partial charge in [0.1, 0.15) is 0 Å². The third-order valence-electron chi connectivity index (χ3n) is 3.91. The minimum atomic E-state index is 0.0159. The highest BCUT2D eigenvalue weighted by molar-refractivity contribution is 5.72. The molecule has 0 aromatic heterocycles. The third kappa shape index (κ3) is 2.24. The molecule has 0 aromatic carbocycles. The molecule has 2 aliphatic rings. The highest BCUT2D eigenvalue weighted by atomic mass is 16.5. The molecule has 84 valence electrons. The number of methoxy groups -OCH3 is 1. The second-order valence-electron chi connectivity index (χ2n) is 4.75. The summed E-state index contributed by atoms with van der Waals surface area (Å²) in [7, 11) is 1.51. The first-order valence-electron chi connectivity index (χ1n) is 6.07. The van der Waals surface area contributed by atoms with E-state index in [2.05, 4.69) is 12.2 Å². The molecule has 0 N–H and O–H groups in total. The largest absolute Gasteiger partial charge is 0.469 e. The van der Waals surface area contributed by atoms with Gasteiger partial charge in [-0.1, -0.05) is 18.6 Å². The van der Waals surface area contributed by atoms with Gasteiger partial charge in [-0.25, -0.2) is 0 Å². The van der Waals surface area contributed by atoms with Crippen molar-refractivity contribution in [2.24, 2.45) is 17.8 Å². The van der Waals surface area contributed by atoms with Gasteiger partial charge in [0, 0.05) is 0 Å². The van der Waals surface area contributed by atoms with Crippen LogP contribution in [-0.2, 0) is 9.53 Å². The zero-order chi connectivity index (χ0) is 10.7. The highest BCUT2D eigenvalue weighted by Crippen LogP contribution is 2.41. The summed E-state index contributed by atoms with van der Waals surface area (Å²) in [5.41, 5.74) is 0. The Hall–Kier alpha value is -0.790. The van der Waals surface area contributed by atoms with E-state index in [9.17, 15) is 4.79 Å². The minimum Gasteiger partial charge on any atom is -0.469 e. The van der Waals surface area contributed by atoms with Crippen LogP contribution in [0.15, 0.2) is 12.2 Å². The van der Waals surface area contributed by atoms with E-state index in [1.165, 1.54) is 26.4 Å². The van der Waals surface area contributed by atoms with Crippen LogP contribution in [0.25, 0.3) is 0 Å². The monoisotopic (exact) mass is 208 g/mol. The molecule has 0 spiro atoms. The molecule has 0 aromatic rings. The molecule has 0 bridgehead atoms. The predicted molar refractivity (Wildman–Crippen MR) is 59.3 cm³/mol. The Bertz CT molecular complexity index is 257. The van der Waals surface area contributed by atoms with Gasteiger partial charge in [0.05, 0.1) is 13.0 Å². The van der Waals surface area contributed by atoms with E-state index in [1.807, 2.05) is 0 Å². The summed E-state index contributed by atoms with van der Waals surface area (Å²) in [4.78, 5) is 11.7. The van der Waals surface area contributed by atoms with Gasteiger partial charge in [-0.15, -0.1) is 0 Å². The van der Waals surface area contributed by atoms with Gasteiger partial charge in [-0.2, -0.15) is 0 Å². The molecule has 2 rings (SSSR count). The fourth-order valence-electron chi connectivity index (χ4n) is 3.14. The van der Waals surface area contributed by atoms with Crippen LogP contribution in [0.1, 0.15) is 38.5 Å². The molecule has 2 aliphatic carbocycles. The van der Waals surface area contributed by atoms with Crippen LogP contribution in [-0.4, -0.2) is 13.1 Å². The van der Waals surface area contributed by atoms with E-state index in [0.29, 0.717) is 11.8 Å². The standard InChI is InChI=1S/C13H20O2/c1-15-13(14)12-8-4-2-3-6-10-7-5-9-11(10)12/h3,6,10-12H,2,4-5,7-9H2,1H3/b6-3-/t10-,11+,12?/m0/s1. The van der Waals surface area contributed by atoms with Crippen molar-refractivity contribution >= 4 is 5.97 Å². The topological polar surface area (TPSA) is 26.3 Å². The SMILES string of the molecule is COC(=O)C1CCC/C=C\[C@H]2CCC[C@@H]12. The number of allylic oxidation sites excluding steroid dienone is 2. The Morgan fingerprint density at radius 1 is 1.27 bits per heavy atom. The first-order valence-corrected chi connectivity index (χ1v) is 6.07. The van der Waals surface area contributed by atoms with E-state index in [1.54, 1.807) is 0 Å². The van der Waals surface area contributed by atoms with Crippen LogP contribution in [0.3, 0.4) is 0 Å². The molecule has 1 saturated carbocycles. The van der Waals surface area contributed by atoms with Crippen molar-refractivity contribution < 1.29 is 9.53 Å². The summed E-state index contributed by atoms with van der Waals surface area (Å²) < 4.78 is 4.93. The number of ether oxygens (including phenoxy) is 1. The van der Waals surface area contributed by atoms with Gasteiger partial charge in [0.2, 0.25) is 0 Å². The van der Waals surface area contributed by atoms with Crippen LogP contribution >= 0.6 is 0 Å². The second kappa shape index (κ2) is 4.82. The lowest BCUT2D eigenvalue weighted by molar-refractivity contribution is -0.148. The van der Waals surface area contributed by atoms with Gasteiger partial charge in [-0.3, -0.25) is 4.79 Å². The molecule has 3 atom stereocenters. The van der Waals surface area contributed by atoms with E-state index in [4.69, 9.17) is 4.74 Å². The Morgan fingerprint density at radius 2 is 2.13 bits per heavy atom. The maximum absolute atomic E-state index is 11.7. The zero-order valence-electron chi connectivity index (χ0n) is 9.45. The highest BCUT2D eigenvalue weighted by Gasteiger charge is 2.36. The van der Waals surface area contributed by atoms with Crippen molar-refractivity contribution in [3.8, 4) is 0 Å². The summed E-state index contributed by atoms with van der Waals surface area (Å²) in [6, 6.07) is 0. The average molecular weight is 208 g/mol.